The molecule has 7 nitrogen and oxygen atoms in total. The van der Waals surface area contributed by atoms with Gasteiger partial charge in [0.15, 0.2) is 0 Å². The lowest BCUT2D eigenvalue weighted by atomic mass is 9.72. The number of hydrogen-bond donors (Lipinski definition) is 2. The average Bonchev–Trinajstić information content (AvgIpc) is 2.52. The van der Waals surface area contributed by atoms with Crippen LogP contribution < -0.4 is 11.5 Å². The summed E-state index contributed by atoms with van der Waals surface area (Å²) in [6.07, 6.45) is 6.77. The lowest BCUT2D eigenvalue weighted by Gasteiger charge is -2.45. The maximum atomic E-state index is 12.7. The van der Waals surface area contributed by atoms with E-state index in [4.69, 9.17) is 11.5 Å². The average molecular weight is 362 g/mol. The number of carbonyl (C=O) groups excluding carboxylic acids is 3. The van der Waals surface area contributed by atoms with Crippen LogP contribution in [0.5, 0.6) is 0 Å². The molecule has 0 radical (unpaired) electrons. The number of allylic oxidation sites excluding steroid dienone is 3. The van der Waals surface area contributed by atoms with Crippen LogP contribution >= 0.6 is 0 Å². The topological polar surface area (TPSA) is 110 Å². The van der Waals surface area contributed by atoms with Crippen LogP contribution in [0.1, 0.15) is 47.0 Å². The molecule has 4 amide bonds. The molecule has 0 bridgehead atoms. The second-order valence-electron chi connectivity index (χ2n) is 8.15. The minimum atomic E-state index is -1.30. The van der Waals surface area contributed by atoms with Gasteiger partial charge in [0.1, 0.15) is 5.54 Å². The molecule has 0 aromatic heterocycles. The Hall–Kier alpha value is -2.31. The zero-order valence-electron chi connectivity index (χ0n) is 16.2. The van der Waals surface area contributed by atoms with Gasteiger partial charge in [0.2, 0.25) is 11.8 Å². The van der Waals surface area contributed by atoms with Crippen molar-refractivity contribution < 1.29 is 14.4 Å². The van der Waals surface area contributed by atoms with Crippen molar-refractivity contribution in [3.05, 3.63) is 23.3 Å². The van der Waals surface area contributed by atoms with E-state index < -0.39 is 17.5 Å². The molecule has 1 atom stereocenters. The fourth-order valence-corrected chi connectivity index (χ4v) is 4.03. The molecular weight excluding hydrogens is 332 g/mol. The van der Waals surface area contributed by atoms with E-state index in [0.29, 0.717) is 6.54 Å². The molecule has 1 aliphatic heterocycles. The first-order valence-corrected chi connectivity index (χ1v) is 9.03. The number of amides is 4. The summed E-state index contributed by atoms with van der Waals surface area (Å²) in [5, 5.41) is 0. The Morgan fingerprint density at radius 1 is 1.12 bits per heavy atom. The number of hydrogen-bond acceptors (Lipinski definition) is 3. The lowest BCUT2D eigenvalue weighted by Crippen LogP contribution is -2.69. The molecule has 0 spiro atoms. The fraction of sp³-hybridized carbons (Fsp3) is 0.632. The van der Waals surface area contributed by atoms with Crippen molar-refractivity contribution in [1.29, 1.82) is 0 Å². The number of nitrogens with zero attached hydrogens (tertiary/aromatic N) is 2. The number of nitrogens with two attached hydrogens (primary N) is 2. The van der Waals surface area contributed by atoms with Gasteiger partial charge in [0.05, 0.1) is 6.54 Å². The van der Waals surface area contributed by atoms with Crippen molar-refractivity contribution in [3.8, 4) is 0 Å². The molecule has 7 heteroatoms. The van der Waals surface area contributed by atoms with Gasteiger partial charge in [0.25, 0.3) is 0 Å². The molecule has 0 saturated carbocycles. The van der Waals surface area contributed by atoms with E-state index >= 15 is 0 Å². The highest BCUT2D eigenvalue weighted by molar-refractivity contribution is 5.93. The van der Waals surface area contributed by atoms with E-state index in [1.807, 2.05) is 6.08 Å². The summed E-state index contributed by atoms with van der Waals surface area (Å²) in [4.78, 5) is 39.0. The number of piperazine rings is 1. The van der Waals surface area contributed by atoms with Gasteiger partial charge in [-0.05, 0) is 44.1 Å². The van der Waals surface area contributed by atoms with Gasteiger partial charge in [-0.3, -0.25) is 9.59 Å². The van der Waals surface area contributed by atoms with Crippen LogP contribution in [0.2, 0.25) is 0 Å². The Kier molecular flexibility index (Phi) is 5.49. The summed E-state index contributed by atoms with van der Waals surface area (Å²) in [7, 11) is 0. The Bertz CT molecular complexity index is 680. The second kappa shape index (κ2) is 7.13. The molecule has 1 unspecified atom stereocenters. The second-order valence-corrected chi connectivity index (χ2v) is 8.15. The van der Waals surface area contributed by atoms with Crippen LogP contribution in [-0.4, -0.2) is 52.8 Å². The minimum absolute atomic E-state index is 0.0376. The molecular formula is C19H30N4O3. The molecule has 0 aromatic carbocycles. The Morgan fingerprint density at radius 3 is 2.31 bits per heavy atom. The quantitative estimate of drug-likeness (QED) is 0.743. The SMILES string of the molecule is CC1=C(/C=C/C(=O)N2CCN(C(N)=O)C(C)(C(N)=O)C2)C(C)(C)CCC1. The van der Waals surface area contributed by atoms with Crippen LogP contribution in [0.3, 0.4) is 0 Å². The van der Waals surface area contributed by atoms with Crippen molar-refractivity contribution in [2.24, 2.45) is 16.9 Å². The van der Waals surface area contributed by atoms with Crippen LogP contribution in [0.15, 0.2) is 23.3 Å². The standard InChI is InChI=1S/C19H30N4O3/c1-13-6-5-9-18(2,3)14(13)7-8-15(24)22-10-11-23(17(21)26)19(4,12-22)16(20)25/h7-8H,5-6,9-12H2,1-4H3,(H2,20,25)(H2,21,26)/b8-7+. The number of carbonyl (C=O) groups is 3. The smallest absolute Gasteiger partial charge is 0.315 e. The zero-order valence-corrected chi connectivity index (χ0v) is 16.2. The van der Waals surface area contributed by atoms with Gasteiger partial charge in [-0.1, -0.05) is 25.5 Å². The minimum Gasteiger partial charge on any atom is -0.368 e. The molecule has 1 heterocycles. The highest BCUT2D eigenvalue weighted by atomic mass is 16.2. The van der Waals surface area contributed by atoms with Gasteiger partial charge in [-0.2, -0.15) is 0 Å². The highest BCUT2D eigenvalue weighted by Crippen LogP contribution is 2.40. The van der Waals surface area contributed by atoms with Crippen molar-refractivity contribution >= 4 is 17.8 Å². The fourth-order valence-electron chi connectivity index (χ4n) is 4.03. The van der Waals surface area contributed by atoms with Gasteiger partial charge >= 0.3 is 6.03 Å². The van der Waals surface area contributed by atoms with Crippen molar-refractivity contribution in [3.63, 3.8) is 0 Å². The molecule has 2 rings (SSSR count). The molecule has 4 N–H and O–H groups in total. The Labute approximate surface area is 155 Å². The predicted octanol–water partition coefficient (Wildman–Crippen LogP) is 1.54. The third kappa shape index (κ3) is 3.76. The monoisotopic (exact) mass is 362 g/mol. The van der Waals surface area contributed by atoms with Crippen molar-refractivity contribution in [2.45, 2.75) is 52.5 Å². The maximum absolute atomic E-state index is 12.7. The predicted molar refractivity (Wildman–Crippen MR) is 99.9 cm³/mol. The van der Waals surface area contributed by atoms with Gasteiger partial charge < -0.3 is 21.3 Å². The normalized spacial score (nSPS) is 26.3. The van der Waals surface area contributed by atoms with Crippen molar-refractivity contribution in [2.75, 3.05) is 19.6 Å². The van der Waals surface area contributed by atoms with Crippen LogP contribution in [0.4, 0.5) is 4.79 Å². The molecule has 0 aromatic rings. The largest absolute Gasteiger partial charge is 0.368 e. The summed E-state index contributed by atoms with van der Waals surface area (Å²) in [5.74, 6) is -0.868. The lowest BCUT2D eigenvalue weighted by molar-refractivity contribution is -0.137. The van der Waals surface area contributed by atoms with E-state index in [-0.39, 0.29) is 24.4 Å². The Morgan fingerprint density at radius 2 is 1.77 bits per heavy atom. The van der Waals surface area contributed by atoms with Gasteiger partial charge in [0, 0.05) is 19.2 Å². The first-order chi connectivity index (χ1) is 12.0. The summed E-state index contributed by atoms with van der Waals surface area (Å²) < 4.78 is 0. The molecule has 1 aliphatic carbocycles. The highest BCUT2D eigenvalue weighted by Gasteiger charge is 2.45. The van der Waals surface area contributed by atoms with Crippen LogP contribution in [0.25, 0.3) is 0 Å². The summed E-state index contributed by atoms with van der Waals surface area (Å²) >= 11 is 0. The molecule has 1 fully saturated rings. The number of urea groups is 1. The van der Waals surface area contributed by atoms with E-state index in [1.165, 1.54) is 16.0 Å². The summed E-state index contributed by atoms with van der Waals surface area (Å²) in [5.41, 5.74) is 12.1. The zero-order chi connectivity index (χ0) is 19.7. The number of primary amides is 2. The van der Waals surface area contributed by atoms with Crippen molar-refractivity contribution in [1.82, 2.24) is 9.80 Å². The molecule has 26 heavy (non-hydrogen) atoms. The van der Waals surface area contributed by atoms with Gasteiger partial charge in [-0.25, -0.2) is 4.79 Å². The third-order valence-corrected chi connectivity index (χ3v) is 5.73. The first-order valence-electron chi connectivity index (χ1n) is 9.03. The molecule has 144 valence electrons. The van der Waals surface area contributed by atoms with E-state index in [9.17, 15) is 14.4 Å². The molecule has 2 aliphatic rings. The maximum Gasteiger partial charge on any atom is 0.315 e. The summed E-state index contributed by atoms with van der Waals surface area (Å²) in [6.45, 7) is 8.57. The van der Waals surface area contributed by atoms with Crippen LogP contribution in [-0.2, 0) is 9.59 Å². The van der Waals surface area contributed by atoms with E-state index in [1.54, 1.807) is 17.9 Å². The van der Waals surface area contributed by atoms with E-state index in [0.717, 1.165) is 19.3 Å². The third-order valence-electron chi connectivity index (χ3n) is 5.73. The van der Waals surface area contributed by atoms with Crippen LogP contribution in [0, 0.1) is 5.41 Å². The number of rotatable bonds is 3. The molecule has 1 saturated heterocycles. The summed E-state index contributed by atoms with van der Waals surface area (Å²) in [6, 6.07) is -0.710. The van der Waals surface area contributed by atoms with Gasteiger partial charge in [-0.15, -0.1) is 0 Å². The first kappa shape index (κ1) is 20.0. The Balaban J connectivity index is 2.18. The van der Waals surface area contributed by atoms with E-state index in [2.05, 4.69) is 20.8 Å².